The van der Waals surface area contributed by atoms with Crippen molar-refractivity contribution in [1.29, 1.82) is 5.26 Å². The van der Waals surface area contributed by atoms with E-state index < -0.39 is 6.10 Å². The van der Waals surface area contributed by atoms with Crippen LogP contribution in [0.4, 0.5) is 0 Å². The van der Waals surface area contributed by atoms with E-state index in [4.69, 9.17) is 21.6 Å². The van der Waals surface area contributed by atoms with E-state index in [2.05, 4.69) is 15.9 Å². The third-order valence-electron chi connectivity index (χ3n) is 1.66. The number of nitriles is 1. The van der Waals surface area contributed by atoms with Crippen LogP contribution in [0.25, 0.3) is 0 Å². The van der Waals surface area contributed by atoms with E-state index in [1.807, 2.05) is 18.2 Å². The van der Waals surface area contributed by atoms with Crippen LogP contribution in [0.15, 0.2) is 22.7 Å². The van der Waals surface area contributed by atoms with Crippen LogP contribution in [0.1, 0.15) is 12.5 Å². The number of benzene rings is 1. The number of nitrogens with zero attached hydrogens (tertiary/aromatic N) is 1. The summed E-state index contributed by atoms with van der Waals surface area (Å²) < 4.78 is 6.27. The second-order valence-electron chi connectivity index (χ2n) is 2.78. The van der Waals surface area contributed by atoms with Crippen LogP contribution in [0.3, 0.4) is 0 Å². The first-order chi connectivity index (χ1) is 6.67. The Morgan fingerprint density at radius 2 is 2.36 bits per heavy atom. The lowest BCUT2D eigenvalue weighted by atomic mass is 10.2. The first-order valence-corrected chi connectivity index (χ1v) is 5.40. The topological polar surface area (TPSA) is 33.0 Å². The van der Waals surface area contributed by atoms with Crippen molar-refractivity contribution in [2.45, 2.75) is 18.9 Å². The molecule has 0 saturated heterocycles. The molecule has 0 saturated carbocycles. The van der Waals surface area contributed by atoms with Crippen molar-refractivity contribution in [2.75, 3.05) is 0 Å². The van der Waals surface area contributed by atoms with Gasteiger partial charge in [-0.2, -0.15) is 5.26 Å². The van der Waals surface area contributed by atoms with Crippen molar-refractivity contribution in [1.82, 2.24) is 0 Å². The van der Waals surface area contributed by atoms with E-state index in [-0.39, 0.29) is 0 Å². The summed E-state index contributed by atoms with van der Waals surface area (Å²) in [5, 5.41) is 8.57. The maximum atomic E-state index is 8.57. The first-order valence-electron chi connectivity index (χ1n) is 4.08. The molecule has 0 fully saturated rings. The second kappa shape index (κ2) is 5.23. The summed E-state index contributed by atoms with van der Waals surface area (Å²) in [6, 6.07) is 7.48. The van der Waals surface area contributed by atoms with Gasteiger partial charge < -0.3 is 4.74 Å². The third-order valence-corrected chi connectivity index (χ3v) is 2.72. The zero-order chi connectivity index (χ0) is 10.6. The largest absolute Gasteiger partial charge is 0.476 e. The molecule has 0 bridgehead atoms. The number of halogens is 2. The number of hydrogen-bond donors (Lipinski definition) is 0. The third kappa shape index (κ3) is 2.90. The lowest BCUT2D eigenvalue weighted by molar-refractivity contribution is 0.276. The Morgan fingerprint density at radius 1 is 1.64 bits per heavy atom. The monoisotopic (exact) mass is 273 g/mol. The molecule has 0 radical (unpaired) electrons. The van der Waals surface area contributed by atoms with Gasteiger partial charge >= 0.3 is 0 Å². The first kappa shape index (κ1) is 11.4. The van der Waals surface area contributed by atoms with E-state index in [0.717, 1.165) is 10.0 Å². The molecule has 4 heteroatoms. The predicted octanol–water partition coefficient (Wildman–Crippen LogP) is 3.48. The van der Waals surface area contributed by atoms with Crippen LogP contribution < -0.4 is 4.74 Å². The summed E-state index contributed by atoms with van der Waals surface area (Å²) in [6.07, 6.45) is -0.445. The molecule has 1 atom stereocenters. The lowest BCUT2D eigenvalue weighted by Gasteiger charge is -2.09. The zero-order valence-electron chi connectivity index (χ0n) is 7.63. The molecule has 74 valence electrons. The van der Waals surface area contributed by atoms with Crippen molar-refractivity contribution in [3.8, 4) is 11.8 Å². The Balaban J connectivity index is 2.85. The SMILES string of the molecule is CC(C#N)Oc1ccc(Br)c(CCl)c1. The summed E-state index contributed by atoms with van der Waals surface area (Å²) in [4.78, 5) is 0. The number of hydrogen-bond acceptors (Lipinski definition) is 2. The van der Waals surface area contributed by atoms with Gasteiger partial charge in [0.25, 0.3) is 0 Å². The highest BCUT2D eigenvalue weighted by atomic mass is 79.9. The zero-order valence-corrected chi connectivity index (χ0v) is 9.97. The number of ether oxygens (including phenoxy) is 1. The molecule has 0 heterocycles. The molecule has 0 spiro atoms. The maximum Gasteiger partial charge on any atom is 0.181 e. The van der Waals surface area contributed by atoms with E-state index in [1.54, 1.807) is 13.0 Å². The van der Waals surface area contributed by atoms with Gasteiger partial charge in [-0.05, 0) is 30.7 Å². The quantitative estimate of drug-likeness (QED) is 0.791. The second-order valence-corrected chi connectivity index (χ2v) is 3.90. The van der Waals surface area contributed by atoms with Crippen LogP contribution in [-0.4, -0.2) is 6.10 Å². The molecule has 2 nitrogen and oxygen atoms in total. The Morgan fingerprint density at radius 3 is 2.93 bits per heavy atom. The van der Waals surface area contributed by atoms with E-state index in [0.29, 0.717) is 11.6 Å². The van der Waals surface area contributed by atoms with Gasteiger partial charge in [-0.15, -0.1) is 11.6 Å². The van der Waals surface area contributed by atoms with Gasteiger partial charge in [0.2, 0.25) is 0 Å². The molecule has 1 rings (SSSR count). The Kier molecular flexibility index (Phi) is 4.24. The fourth-order valence-corrected chi connectivity index (χ4v) is 1.73. The highest BCUT2D eigenvalue weighted by Crippen LogP contribution is 2.24. The Labute approximate surface area is 96.6 Å². The predicted molar refractivity (Wildman–Crippen MR) is 59.4 cm³/mol. The van der Waals surface area contributed by atoms with Crippen molar-refractivity contribution in [3.05, 3.63) is 28.2 Å². The fourth-order valence-electron chi connectivity index (χ4n) is 0.957. The van der Waals surface area contributed by atoms with Gasteiger partial charge in [-0.25, -0.2) is 0 Å². The lowest BCUT2D eigenvalue weighted by Crippen LogP contribution is -2.08. The average Bonchev–Trinajstić information content (AvgIpc) is 2.20. The fraction of sp³-hybridized carbons (Fsp3) is 0.300. The maximum absolute atomic E-state index is 8.57. The molecule has 14 heavy (non-hydrogen) atoms. The number of rotatable bonds is 3. The van der Waals surface area contributed by atoms with Crippen molar-refractivity contribution >= 4 is 27.5 Å². The van der Waals surface area contributed by atoms with Crippen molar-refractivity contribution < 1.29 is 4.74 Å². The number of alkyl halides is 1. The molecule has 0 aromatic heterocycles. The Bertz CT molecular complexity index is 362. The molecule has 1 aromatic carbocycles. The molecule has 0 aliphatic carbocycles. The van der Waals surface area contributed by atoms with Gasteiger partial charge in [0.05, 0.1) is 0 Å². The standard InChI is InChI=1S/C10H9BrClNO/c1-7(6-13)14-9-2-3-10(11)8(4-9)5-12/h2-4,7H,5H2,1H3. The van der Waals surface area contributed by atoms with Crippen LogP contribution in [-0.2, 0) is 5.88 Å². The minimum Gasteiger partial charge on any atom is -0.476 e. The van der Waals surface area contributed by atoms with E-state index >= 15 is 0 Å². The van der Waals surface area contributed by atoms with Crippen LogP contribution >= 0.6 is 27.5 Å². The minimum atomic E-state index is -0.445. The molecule has 0 aliphatic heterocycles. The summed E-state index contributed by atoms with van der Waals surface area (Å²) in [6.45, 7) is 1.70. The highest BCUT2D eigenvalue weighted by molar-refractivity contribution is 9.10. The molecule has 1 aromatic rings. The molecule has 0 N–H and O–H groups in total. The van der Waals surface area contributed by atoms with E-state index in [9.17, 15) is 0 Å². The van der Waals surface area contributed by atoms with Gasteiger partial charge in [0.1, 0.15) is 11.8 Å². The molecular formula is C10H9BrClNO. The van der Waals surface area contributed by atoms with Gasteiger partial charge in [-0.3, -0.25) is 0 Å². The van der Waals surface area contributed by atoms with Gasteiger partial charge in [-0.1, -0.05) is 15.9 Å². The highest BCUT2D eigenvalue weighted by Gasteiger charge is 2.04. The summed E-state index contributed by atoms with van der Waals surface area (Å²) in [5.74, 6) is 1.08. The van der Waals surface area contributed by atoms with Crippen molar-refractivity contribution in [2.24, 2.45) is 0 Å². The normalized spacial score (nSPS) is 11.9. The summed E-state index contributed by atoms with van der Waals surface area (Å²) >= 11 is 9.09. The molecular weight excluding hydrogens is 265 g/mol. The molecule has 0 amide bonds. The van der Waals surface area contributed by atoms with Gasteiger partial charge in [0, 0.05) is 10.4 Å². The summed E-state index contributed by atoms with van der Waals surface area (Å²) in [7, 11) is 0. The van der Waals surface area contributed by atoms with Gasteiger partial charge in [0.15, 0.2) is 6.10 Å². The Hall–Kier alpha value is -0.720. The average molecular weight is 275 g/mol. The van der Waals surface area contributed by atoms with Crippen LogP contribution in [0, 0.1) is 11.3 Å². The molecule has 0 aliphatic rings. The van der Waals surface area contributed by atoms with E-state index in [1.165, 1.54) is 0 Å². The van der Waals surface area contributed by atoms with Crippen molar-refractivity contribution in [3.63, 3.8) is 0 Å². The minimum absolute atomic E-state index is 0.415. The van der Waals surface area contributed by atoms with Crippen LogP contribution in [0.5, 0.6) is 5.75 Å². The summed E-state index contributed by atoms with van der Waals surface area (Å²) in [5.41, 5.74) is 0.953. The smallest absolute Gasteiger partial charge is 0.181 e. The molecule has 1 unspecified atom stereocenters. The van der Waals surface area contributed by atoms with Crippen LogP contribution in [0.2, 0.25) is 0 Å².